The number of ether oxygens (including phenoxy) is 1. The Morgan fingerprint density at radius 1 is 1.35 bits per heavy atom. The number of rotatable bonds is 1. The van der Waals surface area contributed by atoms with Crippen LogP contribution >= 0.6 is 0 Å². The van der Waals surface area contributed by atoms with Crippen LogP contribution in [-0.4, -0.2) is 18.1 Å². The number of nitrogens with one attached hydrogen (secondary N) is 1. The molecule has 92 valence electrons. The van der Waals surface area contributed by atoms with Gasteiger partial charge in [0.15, 0.2) is 0 Å². The summed E-state index contributed by atoms with van der Waals surface area (Å²) in [6, 6.07) is 8.09. The topological polar surface area (TPSA) is 38.3 Å². The second-order valence-electron chi connectivity index (χ2n) is 5.47. The standard InChI is InChI=1S/C14H19NO2/c1-14(2,3)17-13(16)11-8-10-6-4-5-7-12(10)15-9-11/h4-7,11,15H,8-9H2,1-3H3. The number of esters is 1. The molecule has 0 fully saturated rings. The van der Waals surface area contributed by atoms with Crippen molar-refractivity contribution in [1.29, 1.82) is 0 Å². The highest BCUT2D eigenvalue weighted by Gasteiger charge is 2.28. The summed E-state index contributed by atoms with van der Waals surface area (Å²) >= 11 is 0. The molecule has 3 nitrogen and oxygen atoms in total. The Bertz CT molecular complexity index is 420. The maximum atomic E-state index is 12.0. The minimum absolute atomic E-state index is 0.0795. The van der Waals surface area contributed by atoms with Crippen molar-refractivity contribution in [2.45, 2.75) is 32.8 Å². The van der Waals surface area contributed by atoms with Gasteiger partial charge in [-0.1, -0.05) is 18.2 Å². The minimum atomic E-state index is -0.409. The van der Waals surface area contributed by atoms with Gasteiger partial charge in [0.2, 0.25) is 0 Å². The van der Waals surface area contributed by atoms with Crippen LogP contribution in [0, 0.1) is 5.92 Å². The van der Waals surface area contributed by atoms with Gasteiger partial charge in [0.05, 0.1) is 5.92 Å². The molecule has 0 amide bonds. The first kappa shape index (κ1) is 12.0. The molecule has 0 saturated carbocycles. The van der Waals surface area contributed by atoms with E-state index in [1.807, 2.05) is 39.0 Å². The zero-order chi connectivity index (χ0) is 12.5. The van der Waals surface area contributed by atoms with Gasteiger partial charge in [-0.05, 0) is 38.8 Å². The van der Waals surface area contributed by atoms with Gasteiger partial charge in [0, 0.05) is 12.2 Å². The zero-order valence-electron chi connectivity index (χ0n) is 10.6. The third kappa shape index (κ3) is 2.99. The molecular weight excluding hydrogens is 214 g/mol. The average molecular weight is 233 g/mol. The van der Waals surface area contributed by atoms with Crippen LogP contribution in [-0.2, 0) is 16.0 Å². The van der Waals surface area contributed by atoms with E-state index >= 15 is 0 Å². The molecule has 0 aliphatic carbocycles. The summed E-state index contributed by atoms with van der Waals surface area (Å²) in [6.45, 7) is 6.35. The van der Waals surface area contributed by atoms with E-state index in [4.69, 9.17) is 4.74 Å². The molecule has 0 saturated heterocycles. The summed E-state index contributed by atoms with van der Waals surface area (Å²) in [7, 11) is 0. The molecule has 1 unspecified atom stereocenters. The van der Waals surface area contributed by atoms with E-state index in [0.717, 1.165) is 12.1 Å². The number of anilines is 1. The number of benzene rings is 1. The molecule has 1 heterocycles. The van der Waals surface area contributed by atoms with Crippen LogP contribution in [0.2, 0.25) is 0 Å². The van der Waals surface area contributed by atoms with Crippen molar-refractivity contribution >= 4 is 11.7 Å². The van der Waals surface area contributed by atoms with Crippen LogP contribution in [0.15, 0.2) is 24.3 Å². The smallest absolute Gasteiger partial charge is 0.311 e. The normalized spacial score (nSPS) is 19.1. The largest absolute Gasteiger partial charge is 0.460 e. The highest BCUT2D eigenvalue weighted by atomic mass is 16.6. The summed E-state index contributed by atoms with van der Waals surface area (Å²) in [4.78, 5) is 12.0. The Labute approximate surface area is 102 Å². The monoisotopic (exact) mass is 233 g/mol. The van der Waals surface area contributed by atoms with E-state index in [1.165, 1.54) is 5.56 Å². The number of hydrogen-bond donors (Lipinski definition) is 1. The van der Waals surface area contributed by atoms with E-state index in [2.05, 4.69) is 11.4 Å². The maximum Gasteiger partial charge on any atom is 0.311 e. The van der Waals surface area contributed by atoms with Gasteiger partial charge >= 0.3 is 5.97 Å². The SMILES string of the molecule is CC(C)(C)OC(=O)C1CNc2ccccc2C1. The summed E-state index contributed by atoms with van der Waals surface area (Å²) in [5.41, 5.74) is 1.91. The van der Waals surface area contributed by atoms with E-state index in [1.54, 1.807) is 0 Å². The maximum absolute atomic E-state index is 12.0. The Morgan fingerprint density at radius 2 is 2.06 bits per heavy atom. The van der Waals surface area contributed by atoms with Crippen LogP contribution in [0.1, 0.15) is 26.3 Å². The summed E-state index contributed by atoms with van der Waals surface area (Å²) in [5.74, 6) is -0.191. The van der Waals surface area contributed by atoms with Crippen LogP contribution in [0.4, 0.5) is 5.69 Å². The van der Waals surface area contributed by atoms with E-state index in [-0.39, 0.29) is 11.9 Å². The third-order valence-electron chi connectivity index (χ3n) is 2.76. The lowest BCUT2D eigenvalue weighted by atomic mass is 9.94. The van der Waals surface area contributed by atoms with E-state index in [9.17, 15) is 4.79 Å². The third-order valence-corrected chi connectivity index (χ3v) is 2.76. The van der Waals surface area contributed by atoms with E-state index in [0.29, 0.717) is 6.54 Å². The number of fused-ring (bicyclic) bond motifs is 1. The minimum Gasteiger partial charge on any atom is -0.460 e. The van der Waals surface area contributed by atoms with Gasteiger partial charge in [-0.3, -0.25) is 4.79 Å². The summed E-state index contributed by atoms with van der Waals surface area (Å²) < 4.78 is 5.41. The second kappa shape index (κ2) is 4.40. The fourth-order valence-electron chi connectivity index (χ4n) is 1.99. The lowest BCUT2D eigenvalue weighted by Crippen LogP contribution is -2.35. The number of hydrogen-bond acceptors (Lipinski definition) is 3. The average Bonchev–Trinajstić information content (AvgIpc) is 2.26. The van der Waals surface area contributed by atoms with Crippen molar-refractivity contribution in [1.82, 2.24) is 0 Å². The molecule has 1 aliphatic rings. The first-order valence-electron chi connectivity index (χ1n) is 6.00. The molecule has 2 rings (SSSR count). The van der Waals surface area contributed by atoms with Gasteiger partial charge in [0.25, 0.3) is 0 Å². The quantitative estimate of drug-likeness (QED) is 0.758. The number of para-hydroxylation sites is 1. The molecule has 1 aromatic rings. The van der Waals surface area contributed by atoms with Gasteiger partial charge in [-0.2, -0.15) is 0 Å². The summed E-state index contributed by atoms with van der Waals surface area (Å²) in [5, 5.41) is 3.28. The molecule has 1 aromatic carbocycles. The lowest BCUT2D eigenvalue weighted by Gasteiger charge is -2.28. The van der Waals surface area contributed by atoms with Crippen LogP contribution < -0.4 is 5.32 Å². The molecule has 0 aromatic heterocycles. The fraction of sp³-hybridized carbons (Fsp3) is 0.500. The van der Waals surface area contributed by atoms with Gasteiger partial charge < -0.3 is 10.1 Å². The predicted molar refractivity (Wildman–Crippen MR) is 68.0 cm³/mol. The van der Waals surface area contributed by atoms with Crippen molar-refractivity contribution in [3.63, 3.8) is 0 Å². The molecule has 0 bridgehead atoms. The molecule has 0 spiro atoms. The van der Waals surface area contributed by atoms with E-state index < -0.39 is 5.60 Å². The lowest BCUT2D eigenvalue weighted by molar-refractivity contribution is -0.159. The van der Waals surface area contributed by atoms with Crippen LogP contribution in [0.3, 0.4) is 0 Å². The number of carbonyl (C=O) groups is 1. The Morgan fingerprint density at radius 3 is 2.76 bits per heavy atom. The molecule has 1 N–H and O–H groups in total. The Balaban J connectivity index is 2.05. The molecule has 3 heteroatoms. The van der Waals surface area contributed by atoms with Gasteiger partial charge in [-0.25, -0.2) is 0 Å². The molecule has 17 heavy (non-hydrogen) atoms. The van der Waals surface area contributed by atoms with Crippen LogP contribution in [0.25, 0.3) is 0 Å². The molecule has 1 aliphatic heterocycles. The molecule has 0 radical (unpaired) electrons. The summed E-state index contributed by atoms with van der Waals surface area (Å²) in [6.07, 6.45) is 0.762. The zero-order valence-corrected chi connectivity index (χ0v) is 10.6. The van der Waals surface area contributed by atoms with Crippen molar-refractivity contribution in [3.05, 3.63) is 29.8 Å². The Kier molecular flexibility index (Phi) is 3.09. The fourth-order valence-corrected chi connectivity index (χ4v) is 1.99. The van der Waals surface area contributed by atoms with Crippen molar-refractivity contribution < 1.29 is 9.53 Å². The van der Waals surface area contributed by atoms with Crippen molar-refractivity contribution in [2.24, 2.45) is 5.92 Å². The second-order valence-corrected chi connectivity index (χ2v) is 5.47. The molecule has 1 atom stereocenters. The number of carbonyl (C=O) groups excluding carboxylic acids is 1. The van der Waals surface area contributed by atoms with Crippen molar-refractivity contribution in [2.75, 3.05) is 11.9 Å². The predicted octanol–water partition coefficient (Wildman–Crippen LogP) is 2.61. The first-order chi connectivity index (χ1) is 7.96. The van der Waals surface area contributed by atoms with Gasteiger partial charge in [-0.15, -0.1) is 0 Å². The highest BCUT2D eigenvalue weighted by Crippen LogP contribution is 2.25. The highest BCUT2D eigenvalue weighted by molar-refractivity contribution is 5.75. The van der Waals surface area contributed by atoms with Gasteiger partial charge in [0.1, 0.15) is 5.60 Å². The van der Waals surface area contributed by atoms with Crippen LogP contribution in [0.5, 0.6) is 0 Å². The molecular formula is C14H19NO2. The Hall–Kier alpha value is -1.51. The first-order valence-corrected chi connectivity index (χ1v) is 6.00. The van der Waals surface area contributed by atoms with Crippen molar-refractivity contribution in [3.8, 4) is 0 Å².